The molecular weight excluding hydrogens is 224 g/mol. The first kappa shape index (κ1) is 15.0. The van der Waals surface area contributed by atoms with E-state index in [4.69, 9.17) is 10.5 Å². The Morgan fingerprint density at radius 1 is 1.33 bits per heavy atom. The summed E-state index contributed by atoms with van der Waals surface area (Å²) in [6.45, 7) is 10.4. The molecule has 0 radical (unpaired) electrons. The molecule has 1 aromatic rings. The zero-order chi connectivity index (χ0) is 13.5. The first-order valence-corrected chi connectivity index (χ1v) is 6.68. The molecular formula is C15H26N2O. The summed E-state index contributed by atoms with van der Waals surface area (Å²) in [7, 11) is 1.69. The summed E-state index contributed by atoms with van der Waals surface area (Å²) in [4.78, 5) is 2.45. The van der Waals surface area contributed by atoms with E-state index >= 15 is 0 Å². The molecule has 102 valence electrons. The lowest BCUT2D eigenvalue weighted by Gasteiger charge is -2.23. The Morgan fingerprint density at radius 3 is 2.56 bits per heavy atom. The summed E-state index contributed by atoms with van der Waals surface area (Å²) < 4.78 is 5.29. The number of hydrogen-bond donors (Lipinski definition) is 1. The standard InChI is InChI=1S/C15H26N2O/c1-5-17(10-12(2)3)11-13-6-7-15(18-4)14(8-13)9-16/h6-8,12H,5,9-11,16H2,1-4H3. The molecule has 0 heterocycles. The third-order valence-corrected chi connectivity index (χ3v) is 3.04. The fourth-order valence-electron chi connectivity index (χ4n) is 2.17. The monoisotopic (exact) mass is 250 g/mol. The molecule has 2 N–H and O–H groups in total. The van der Waals surface area contributed by atoms with Crippen molar-refractivity contribution in [2.75, 3.05) is 20.2 Å². The van der Waals surface area contributed by atoms with Crippen molar-refractivity contribution in [1.29, 1.82) is 0 Å². The summed E-state index contributed by atoms with van der Waals surface area (Å²) in [6, 6.07) is 6.30. The molecule has 3 heteroatoms. The minimum absolute atomic E-state index is 0.521. The minimum atomic E-state index is 0.521. The molecule has 0 aliphatic rings. The highest BCUT2D eigenvalue weighted by atomic mass is 16.5. The fraction of sp³-hybridized carbons (Fsp3) is 0.600. The van der Waals surface area contributed by atoms with E-state index in [-0.39, 0.29) is 0 Å². The Bertz CT molecular complexity index is 364. The second-order valence-electron chi connectivity index (χ2n) is 5.07. The molecule has 0 fully saturated rings. The van der Waals surface area contributed by atoms with Crippen LogP contribution in [0.25, 0.3) is 0 Å². The van der Waals surface area contributed by atoms with E-state index in [1.54, 1.807) is 7.11 Å². The molecule has 1 rings (SSSR count). The average molecular weight is 250 g/mol. The van der Waals surface area contributed by atoms with Crippen molar-refractivity contribution < 1.29 is 4.74 Å². The molecule has 0 aliphatic carbocycles. The second kappa shape index (κ2) is 7.39. The van der Waals surface area contributed by atoms with Gasteiger partial charge in [0.1, 0.15) is 5.75 Å². The largest absolute Gasteiger partial charge is 0.496 e. The van der Waals surface area contributed by atoms with Gasteiger partial charge in [-0.2, -0.15) is 0 Å². The van der Waals surface area contributed by atoms with Crippen molar-refractivity contribution >= 4 is 0 Å². The zero-order valence-corrected chi connectivity index (χ0v) is 12.1. The van der Waals surface area contributed by atoms with Crippen LogP contribution in [0.3, 0.4) is 0 Å². The molecule has 3 nitrogen and oxygen atoms in total. The van der Waals surface area contributed by atoms with Crippen LogP contribution in [0.4, 0.5) is 0 Å². The van der Waals surface area contributed by atoms with Gasteiger partial charge in [-0.25, -0.2) is 0 Å². The van der Waals surface area contributed by atoms with Crippen molar-refractivity contribution in [3.63, 3.8) is 0 Å². The van der Waals surface area contributed by atoms with Crippen molar-refractivity contribution in [1.82, 2.24) is 4.90 Å². The SMILES string of the molecule is CCN(Cc1ccc(OC)c(CN)c1)CC(C)C. The van der Waals surface area contributed by atoms with Crippen molar-refractivity contribution in [2.24, 2.45) is 11.7 Å². The van der Waals surface area contributed by atoms with Crippen LogP contribution in [0.1, 0.15) is 31.9 Å². The van der Waals surface area contributed by atoms with E-state index in [2.05, 4.69) is 37.8 Å². The van der Waals surface area contributed by atoms with Gasteiger partial charge in [0, 0.05) is 25.2 Å². The molecule has 0 spiro atoms. The Balaban J connectivity index is 2.77. The maximum absolute atomic E-state index is 5.75. The van der Waals surface area contributed by atoms with Gasteiger partial charge in [0.25, 0.3) is 0 Å². The highest BCUT2D eigenvalue weighted by molar-refractivity contribution is 5.37. The number of ether oxygens (including phenoxy) is 1. The molecule has 0 amide bonds. The molecule has 0 atom stereocenters. The van der Waals surface area contributed by atoms with Crippen molar-refractivity contribution in [3.05, 3.63) is 29.3 Å². The highest BCUT2D eigenvalue weighted by Crippen LogP contribution is 2.20. The number of nitrogens with two attached hydrogens (primary N) is 1. The van der Waals surface area contributed by atoms with Crippen LogP contribution in [0.5, 0.6) is 5.75 Å². The van der Waals surface area contributed by atoms with Crippen molar-refractivity contribution in [2.45, 2.75) is 33.9 Å². The van der Waals surface area contributed by atoms with Gasteiger partial charge in [0.2, 0.25) is 0 Å². The van der Waals surface area contributed by atoms with Crippen LogP contribution < -0.4 is 10.5 Å². The Hall–Kier alpha value is -1.06. The number of nitrogens with zero attached hydrogens (tertiary/aromatic N) is 1. The molecule has 0 saturated carbocycles. The number of benzene rings is 1. The van der Waals surface area contributed by atoms with E-state index in [0.717, 1.165) is 30.9 Å². The first-order chi connectivity index (χ1) is 8.60. The molecule has 18 heavy (non-hydrogen) atoms. The quantitative estimate of drug-likeness (QED) is 0.808. The van der Waals surface area contributed by atoms with Crippen LogP contribution in [-0.2, 0) is 13.1 Å². The van der Waals surface area contributed by atoms with Gasteiger partial charge in [0.15, 0.2) is 0 Å². The normalized spacial score (nSPS) is 11.3. The lowest BCUT2D eigenvalue weighted by atomic mass is 10.1. The first-order valence-electron chi connectivity index (χ1n) is 6.68. The summed E-state index contributed by atoms with van der Waals surface area (Å²) in [5.74, 6) is 1.57. The van der Waals surface area contributed by atoms with Crippen LogP contribution >= 0.6 is 0 Å². The van der Waals surface area contributed by atoms with E-state index in [0.29, 0.717) is 12.5 Å². The third-order valence-electron chi connectivity index (χ3n) is 3.04. The van der Waals surface area contributed by atoms with Gasteiger partial charge in [-0.05, 0) is 30.2 Å². The minimum Gasteiger partial charge on any atom is -0.496 e. The summed E-state index contributed by atoms with van der Waals surface area (Å²) in [5, 5.41) is 0. The van der Waals surface area contributed by atoms with Crippen LogP contribution in [0.15, 0.2) is 18.2 Å². The molecule has 0 aliphatic heterocycles. The Kier molecular flexibility index (Phi) is 6.16. The van der Waals surface area contributed by atoms with E-state index in [1.807, 2.05) is 6.07 Å². The van der Waals surface area contributed by atoms with E-state index < -0.39 is 0 Å². The van der Waals surface area contributed by atoms with E-state index in [1.165, 1.54) is 5.56 Å². The van der Waals surface area contributed by atoms with Crippen molar-refractivity contribution in [3.8, 4) is 5.75 Å². The average Bonchev–Trinajstić information content (AvgIpc) is 2.37. The number of rotatable bonds is 7. The zero-order valence-electron chi connectivity index (χ0n) is 12.1. The van der Waals surface area contributed by atoms with Gasteiger partial charge in [-0.3, -0.25) is 4.90 Å². The van der Waals surface area contributed by atoms with Gasteiger partial charge in [-0.1, -0.05) is 26.8 Å². The molecule has 1 aromatic carbocycles. The fourth-order valence-corrected chi connectivity index (χ4v) is 2.17. The van der Waals surface area contributed by atoms with Crippen LogP contribution in [-0.4, -0.2) is 25.1 Å². The van der Waals surface area contributed by atoms with Gasteiger partial charge < -0.3 is 10.5 Å². The van der Waals surface area contributed by atoms with E-state index in [9.17, 15) is 0 Å². The van der Waals surface area contributed by atoms with Crippen LogP contribution in [0, 0.1) is 5.92 Å². The Labute approximate surface area is 111 Å². The molecule has 0 unspecified atom stereocenters. The summed E-state index contributed by atoms with van der Waals surface area (Å²) in [5.41, 5.74) is 8.13. The van der Waals surface area contributed by atoms with Crippen LogP contribution in [0.2, 0.25) is 0 Å². The Morgan fingerprint density at radius 2 is 2.06 bits per heavy atom. The number of methoxy groups -OCH3 is 1. The lowest BCUT2D eigenvalue weighted by molar-refractivity contribution is 0.248. The maximum atomic E-state index is 5.75. The summed E-state index contributed by atoms with van der Waals surface area (Å²) >= 11 is 0. The van der Waals surface area contributed by atoms with Gasteiger partial charge >= 0.3 is 0 Å². The second-order valence-corrected chi connectivity index (χ2v) is 5.07. The van der Waals surface area contributed by atoms with Gasteiger partial charge in [0.05, 0.1) is 7.11 Å². The lowest BCUT2D eigenvalue weighted by Crippen LogP contribution is -2.27. The number of hydrogen-bond acceptors (Lipinski definition) is 3. The molecule has 0 bridgehead atoms. The molecule has 0 aromatic heterocycles. The maximum Gasteiger partial charge on any atom is 0.123 e. The highest BCUT2D eigenvalue weighted by Gasteiger charge is 2.08. The molecule has 0 saturated heterocycles. The third kappa shape index (κ3) is 4.31. The van der Waals surface area contributed by atoms with Gasteiger partial charge in [-0.15, -0.1) is 0 Å². The predicted octanol–water partition coefficient (Wildman–Crippen LogP) is 2.63. The summed E-state index contributed by atoms with van der Waals surface area (Å²) in [6.07, 6.45) is 0. The smallest absolute Gasteiger partial charge is 0.123 e. The topological polar surface area (TPSA) is 38.5 Å². The predicted molar refractivity (Wildman–Crippen MR) is 76.7 cm³/mol.